The average Bonchev–Trinajstić information content (AvgIpc) is 3.27. The molecule has 0 aliphatic rings. The maximum Gasteiger partial charge on any atom is 0.340 e. The van der Waals surface area contributed by atoms with Gasteiger partial charge in [-0.3, -0.25) is 4.79 Å². The minimum Gasteiger partial charge on any atom is -0.489 e. The Balaban J connectivity index is 1.56. The van der Waals surface area contributed by atoms with Gasteiger partial charge >= 0.3 is 5.97 Å². The minimum atomic E-state index is -0.476. The van der Waals surface area contributed by atoms with Gasteiger partial charge in [0, 0.05) is 0 Å². The molecule has 0 saturated carbocycles. The highest BCUT2D eigenvalue weighted by molar-refractivity contribution is 7.14. The van der Waals surface area contributed by atoms with Crippen molar-refractivity contribution in [1.82, 2.24) is 5.16 Å². The van der Waals surface area contributed by atoms with E-state index in [9.17, 15) is 9.59 Å². The number of nitrogens with one attached hydrogen (secondary N) is 1. The quantitative estimate of drug-likeness (QED) is 0.605. The summed E-state index contributed by atoms with van der Waals surface area (Å²) in [4.78, 5) is 23.9. The number of nitrogens with zero attached hydrogens (tertiary/aromatic N) is 1. The van der Waals surface area contributed by atoms with Gasteiger partial charge in [0.15, 0.2) is 0 Å². The Hall–Kier alpha value is -3.13. The van der Waals surface area contributed by atoms with Gasteiger partial charge in [-0.1, -0.05) is 17.3 Å². The third-order valence-corrected chi connectivity index (χ3v) is 5.01. The summed E-state index contributed by atoms with van der Waals surface area (Å²) in [5, 5.41) is 8.87. The molecule has 8 heteroatoms. The molecule has 0 spiro atoms. The van der Waals surface area contributed by atoms with Crippen LogP contribution >= 0.6 is 11.3 Å². The zero-order valence-corrected chi connectivity index (χ0v) is 16.6. The molecule has 1 N–H and O–H groups in total. The summed E-state index contributed by atoms with van der Waals surface area (Å²) < 4.78 is 15.6. The van der Waals surface area contributed by atoms with Crippen molar-refractivity contribution >= 4 is 28.2 Å². The lowest BCUT2D eigenvalue weighted by Crippen LogP contribution is -2.15. The van der Waals surface area contributed by atoms with Crippen LogP contribution < -0.4 is 10.1 Å². The van der Waals surface area contributed by atoms with Crippen LogP contribution in [0.1, 0.15) is 32.9 Å². The Morgan fingerprint density at radius 2 is 1.93 bits per heavy atom. The third-order valence-electron chi connectivity index (χ3n) is 4.18. The average molecular weight is 400 g/mol. The normalized spacial score (nSPS) is 10.5. The molecule has 0 aliphatic heterocycles. The summed E-state index contributed by atoms with van der Waals surface area (Å²) in [6.07, 6.45) is 0.183. The molecule has 0 saturated heterocycles. The molecule has 0 aliphatic carbocycles. The molecule has 28 heavy (non-hydrogen) atoms. The topological polar surface area (TPSA) is 90.7 Å². The monoisotopic (exact) mass is 400 g/mol. The molecule has 0 unspecified atom stereocenters. The molecule has 3 rings (SSSR count). The molecule has 0 fully saturated rings. The first kappa shape index (κ1) is 19.6. The van der Waals surface area contributed by atoms with Crippen LogP contribution in [0.4, 0.5) is 5.00 Å². The third kappa shape index (κ3) is 4.58. The number of carbonyl (C=O) groups excluding carboxylic acids is 2. The zero-order chi connectivity index (χ0) is 20.1. The first-order valence-corrected chi connectivity index (χ1v) is 9.45. The number of esters is 1. The summed E-state index contributed by atoms with van der Waals surface area (Å²) in [6, 6.07) is 8.91. The Morgan fingerprint density at radius 1 is 1.18 bits per heavy atom. The molecule has 7 nitrogen and oxygen atoms in total. The molecule has 0 radical (unpaired) electrons. The Kier molecular flexibility index (Phi) is 6.10. The van der Waals surface area contributed by atoms with Crippen molar-refractivity contribution < 1.29 is 23.6 Å². The van der Waals surface area contributed by atoms with Crippen LogP contribution in [0.2, 0.25) is 0 Å². The number of anilines is 1. The fraction of sp³-hybridized carbons (Fsp3) is 0.250. The maximum absolute atomic E-state index is 12.3. The van der Waals surface area contributed by atoms with Crippen LogP contribution in [-0.2, 0) is 22.6 Å². The van der Waals surface area contributed by atoms with E-state index in [1.165, 1.54) is 18.4 Å². The standard InChI is InChI=1S/C20H20N2O5S/c1-12-17(13(2)27-22-12)11-26-15-6-4-14(5-7-15)10-18(23)21-19-16(8-9-28-19)20(24)25-3/h4-9H,10-11H2,1-3H3,(H,21,23). The number of hydrogen-bond donors (Lipinski definition) is 1. The van der Waals surface area contributed by atoms with E-state index in [1.807, 2.05) is 38.1 Å². The lowest BCUT2D eigenvalue weighted by Gasteiger charge is -2.08. The van der Waals surface area contributed by atoms with Gasteiger partial charge in [0.1, 0.15) is 23.1 Å². The second-order valence-corrected chi connectivity index (χ2v) is 7.03. The largest absolute Gasteiger partial charge is 0.489 e. The van der Waals surface area contributed by atoms with Gasteiger partial charge in [-0.05, 0) is 43.0 Å². The molecule has 146 valence electrons. The van der Waals surface area contributed by atoms with Crippen LogP contribution in [-0.4, -0.2) is 24.1 Å². The Morgan fingerprint density at radius 3 is 2.57 bits per heavy atom. The van der Waals surface area contributed by atoms with Crippen molar-refractivity contribution in [2.24, 2.45) is 0 Å². The minimum absolute atomic E-state index is 0.183. The van der Waals surface area contributed by atoms with E-state index in [0.29, 0.717) is 22.9 Å². The molecule has 2 heterocycles. The molecule has 0 atom stereocenters. The summed E-state index contributed by atoms with van der Waals surface area (Å²) in [6.45, 7) is 4.09. The Labute approximate surface area is 166 Å². The number of methoxy groups -OCH3 is 1. The van der Waals surface area contributed by atoms with Crippen LogP contribution in [0.5, 0.6) is 5.75 Å². The van der Waals surface area contributed by atoms with Crippen molar-refractivity contribution in [3.63, 3.8) is 0 Å². The lowest BCUT2D eigenvalue weighted by molar-refractivity contribution is -0.115. The van der Waals surface area contributed by atoms with Crippen LogP contribution in [0.25, 0.3) is 0 Å². The summed E-state index contributed by atoms with van der Waals surface area (Å²) in [5.41, 5.74) is 2.92. The van der Waals surface area contributed by atoms with Gasteiger partial charge in [-0.2, -0.15) is 0 Å². The molecular weight excluding hydrogens is 380 g/mol. The predicted octanol–water partition coefficient (Wildman–Crippen LogP) is 3.90. The number of hydrogen-bond acceptors (Lipinski definition) is 7. The van der Waals surface area contributed by atoms with E-state index in [0.717, 1.165) is 22.6 Å². The van der Waals surface area contributed by atoms with E-state index in [2.05, 4.69) is 10.5 Å². The van der Waals surface area contributed by atoms with Gasteiger partial charge < -0.3 is 19.3 Å². The van der Waals surface area contributed by atoms with Crippen molar-refractivity contribution in [1.29, 1.82) is 0 Å². The van der Waals surface area contributed by atoms with Gasteiger partial charge in [0.25, 0.3) is 0 Å². The van der Waals surface area contributed by atoms with E-state index in [1.54, 1.807) is 11.4 Å². The summed E-state index contributed by atoms with van der Waals surface area (Å²) in [5.74, 6) is 0.745. The molecule has 1 amide bonds. The number of carbonyl (C=O) groups is 2. The number of aryl methyl sites for hydroxylation is 2. The van der Waals surface area contributed by atoms with Crippen LogP contribution in [0, 0.1) is 13.8 Å². The van der Waals surface area contributed by atoms with E-state index < -0.39 is 5.97 Å². The van der Waals surface area contributed by atoms with Crippen molar-refractivity contribution in [2.45, 2.75) is 26.9 Å². The maximum atomic E-state index is 12.3. The fourth-order valence-corrected chi connectivity index (χ4v) is 3.39. The number of amides is 1. The van der Waals surface area contributed by atoms with Crippen molar-refractivity contribution in [3.05, 3.63) is 63.9 Å². The van der Waals surface area contributed by atoms with Crippen LogP contribution in [0.15, 0.2) is 40.2 Å². The molecule has 3 aromatic rings. The van der Waals surface area contributed by atoms with Gasteiger partial charge in [0.05, 0.1) is 30.4 Å². The lowest BCUT2D eigenvalue weighted by atomic mass is 10.1. The van der Waals surface area contributed by atoms with E-state index in [-0.39, 0.29) is 12.3 Å². The van der Waals surface area contributed by atoms with Crippen LogP contribution in [0.3, 0.4) is 0 Å². The summed E-state index contributed by atoms with van der Waals surface area (Å²) >= 11 is 1.28. The smallest absolute Gasteiger partial charge is 0.340 e. The van der Waals surface area contributed by atoms with Gasteiger partial charge in [0.2, 0.25) is 5.91 Å². The zero-order valence-electron chi connectivity index (χ0n) is 15.8. The fourth-order valence-electron chi connectivity index (χ4n) is 2.60. The number of rotatable bonds is 7. The molecule has 2 aromatic heterocycles. The van der Waals surface area contributed by atoms with Gasteiger partial charge in [-0.15, -0.1) is 11.3 Å². The first-order valence-electron chi connectivity index (χ1n) is 8.57. The number of benzene rings is 1. The molecule has 0 bridgehead atoms. The van der Waals surface area contributed by atoms with Crippen molar-refractivity contribution in [2.75, 3.05) is 12.4 Å². The number of thiophene rings is 1. The SMILES string of the molecule is COC(=O)c1ccsc1NC(=O)Cc1ccc(OCc2c(C)noc2C)cc1. The highest BCUT2D eigenvalue weighted by Crippen LogP contribution is 2.24. The second-order valence-electron chi connectivity index (χ2n) is 6.12. The highest BCUT2D eigenvalue weighted by atomic mass is 32.1. The molecular formula is C20H20N2O5S. The second kappa shape index (κ2) is 8.71. The Bertz CT molecular complexity index is 955. The van der Waals surface area contributed by atoms with Gasteiger partial charge in [-0.25, -0.2) is 4.79 Å². The van der Waals surface area contributed by atoms with E-state index in [4.69, 9.17) is 14.0 Å². The highest BCUT2D eigenvalue weighted by Gasteiger charge is 2.15. The molecule has 1 aromatic carbocycles. The number of aromatic nitrogens is 1. The number of ether oxygens (including phenoxy) is 2. The van der Waals surface area contributed by atoms with E-state index >= 15 is 0 Å². The first-order chi connectivity index (χ1) is 13.5. The van der Waals surface area contributed by atoms with Crippen molar-refractivity contribution in [3.8, 4) is 5.75 Å². The summed E-state index contributed by atoms with van der Waals surface area (Å²) in [7, 11) is 1.31. The predicted molar refractivity (Wildman–Crippen MR) is 105 cm³/mol.